The highest BCUT2D eigenvalue weighted by molar-refractivity contribution is 5.39. The second-order valence-corrected chi connectivity index (χ2v) is 5.96. The molecule has 110 valence electrons. The van der Waals surface area contributed by atoms with Crippen molar-refractivity contribution < 1.29 is 9.84 Å². The summed E-state index contributed by atoms with van der Waals surface area (Å²) >= 11 is 0. The lowest BCUT2D eigenvalue weighted by Crippen LogP contribution is -2.02. The van der Waals surface area contributed by atoms with Crippen LogP contribution in [0.1, 0.15) is 47.3 Å². The fourth-order valence-corrected chi connectivity index (χ4v) is 2.99. The Labute approximate surface area is 126 Å². The molecule has 0 aromatic heterocycles. The van der Waals surface area contributed by atoms with Crippen LogP contribution >= 0.6 is 0 Å². The van der Waals surface area contributed by atoms with Crippen molar-refractivity contribution in [1.29, 1.82) is 0 Å². The van der Waals surface area contributed by atoms with E-state index in [0.29, 0.717) is 6.61 Å². The van der Waals surface area contributed by atoms with E-state index in [2.05, 4.69) is 18.2 Å². The van der Waals surface area contributed by atoms with Crippen LogP contribution in [0.5, 0.6) is 5.75 Å². The second kappa shape index (κ2) is 5.90. The summed E-state index contributed by atoms with van der Waals surface area (Å²) < 4.78 is 5.97. The first-order valence-corrected chi connectivity index (χ1v) is 7.65. The van der Waals surface area contributed by atoms with Gasteiger partial charge in [-0.05, 0) is 61.4 Å². The first-order chi connectivity index (χ1) is 10.1. The van der Waals surface area contributed by atoms with Crippen LogP contribution in [0.3, 0.4) is 0 Å². The Hall–Kier alpha value is -1.80. The van der Waals surface area contributed by atoms with E-state index in [9.17, 15) is 5.11 Å². The van der Waals surface area contributed by atoms with E-state index in [1.54, 1.807) is 6.92 Å². The molecule has 1 aliphatic carbocycles. The zero-order valence-corrected chi connectivity index (χ0v) is 12.7. The highest BCUT2D eigenvalue weighted by atomic mass is 16.5. The summed E-state index contributed by atoms with van der Waals surface area (Å²) in [6.07, 6.45) is 3.15. The van der Waals surface area contributed by atoms with Gasteiger partial charge in [-0.25, -0.2) is 0 Å². The first-order valence-electron chi connectivity index (χ1n) is 7.65. The molecule has 3 rings (SSSR count). The van der Waals surface area contributed by atoms with Gasteiger partial charge in [-0.2, -0.15) is 0 Å². The molecular weight excluding hydrogens is 260 g/mol. The Morgan fingerprint density at radius 1 is 1.10 bits per heavy atom. The SMILES string of the molecule is Cc1ccc([C@H](C)O)c(OCc2ccc3c(c2)CCC3)c1. The number of aryl methyl sites for hydroxylation is 3. The lowest BCUT2D eigenvalue weighted by Gasteiger charge is -2.15. The predicted octanol–water partition coefficient (Wildman–Crippen LogP) is 4.12. The summed E-state index contributed by atoms with van der Waals surface area (Å²) in [5.41, 5.74) is 6.15. The standard InChI is InChI=1S/C19H22O2/c1-13-6-9-18(14(2)20)19(10-13)21-12-15-7-8-16-4-3-5-17(16)11-15/h6-11,14,20H,3-5,12H2,1-2H3/t14-/m0/s1. The average Bonchev–Trinajstić information content (AvgIpc) is 2.92. The van der Waals surface area contributed by atoms with Gasteiger partial charge in [0.05, 0.1) is 6.10 Å². The summed E-state index contributed by atoms with van der Waals surface area (Å²) in [7, 11) is 0. The van der Waals surface area contributed by atoms with E-state index in [-0.39, 0.29) is 0 Å². The third kappa shape index (κ3) is 3.11. The van der Waals surface area contributed by atoms with E-state index in [0.717, 1.165) is 16.9 Å². The number of aliphatic hydroxyl groups is 1. The zero-order valence-electron chi connectivity index (χ0n) is 12.7. The van der Waals surface area contributed by atoms with Gasteiger partial charge in [0.15, 0.2) is 0 Å². The van der Waals surface area contributed by atoms with Gasteiger partial charge in [0.2, 0.25) is 0 Å². The number of benzene rings is 2. The van der Waals surface area contributed by atoms with Crippen molar-refractivity contribution in [2.45, 2.75) is 45.8 Å². The molecule has 21 heavy (non-hydrogen) atoms. The molecule has 0 spiro atoms. The maximum absolute atomic E-state index is 9.84. The molecule has 2 aromatic carbocycles. The van der Waals surface area contributed by atoms with Crippen LogP contribution < -0.4 is 4.74 Å². The number of hydrogen-bond donors (Lipinski definition) is 1. The largest absolute Gasteiger partial charge is 0.489 e. The van der Waals surface area contributed by atoms with Crippen molar-refractivity contribution >= 4 is 0 Å². The van der Waals surface area contributed by atoms with Crippen LogP contribution in [0.2, 0.25) is 0 Å². The van der Waals surface area contributed by atoms with Crippen molar-refractivity contribution in [3.63, 3.8) is 0 Å². The molecule has 0 radical (unpaired) electrons. The molecule has 2 nitrogen and oxygen atoms in total. The minimum atomic E-state index is -0.513. The Kier molecular flexibility index (Phi) is 3.98. The minimum absolute atomic E-state index is 0.513. The van der Waals surface area contributed by atoms with Gasteiger partial charge in [-0.3, -0.25) is 0 Å². The minimum Gasteiger partial charge on any atom is -0.489 e. The van der Waals surface area contributed by atoms with Crippen molar-refractivity contribution in [2.75, 3.05) is 0 Å². The lowest BCUT2D eigenvalue weighted by atomic mass is 10.1. The highest BCUT2D eigenvalue weighted by Gasteiger charge is 2.12. The van der Waals surface area contributed by atoms with Crippen molar-refractivity contribution in [3.05, 3.63) is 64.2 Å². The van der Waals surface area contributed by atoms with E-state index in [4.69, 9.17) is 4.74 Å². The van der Waals surface area contributed by atoms with E-state index < -0.39 is 6.10 Å². The maximum Gasteiger partial charge on any atom is 0.125 e. The molecule has 0 aliphatic heterocycles. The van der Waals surface area contributed by atoms with E-state index >= 15 is 0 Å². The highest BCUT2D eigenvalue weighted by Crippen LogP contribution is 2.28. The lowest BCUT2D eigenvalue weighted by molar-refractivity contribution is 0.190. The smallest absolute Gasteiger partial charge is 0.125 e. The Morgan fingerprint density at radius 3 is 2.71 bits per heavy atom. The van der Waals surface area contributed by atoms with Crippen LogP contribution in [-0.2, 0) is 19.4 Å². The topological polar surface area (TPSA) is 29.5 Å². The quantitative estimate of drug-likeness (QED) is 0.914. The summed E-state index contributed by atoms with van der Waals surface area (Å²) in [6.45, 7) is 4.36. The van der Waals surface area contributed by atoms with Gasteiger partial charge in [0.25, 0.3) is 0 Å². The summed E-state index contributed by atoms with van der Waals surface area (Å²) in [6, 6.07) is 12.6. The number of ether oxygens (including phenoxy) is 1. The maximum atomic E-state index is 9.84. The number of fused-ring (bicyclic) bond motifs is 1. The summed E-state index contributed by atoms with van der Waals surface area (Å²) in [5, 5.41) is 9.84. The molecule has 2 heteroatoms. The van der Waals surface area contributed by atoms with Crippen LogP contribution in [-0.4, -0.2) is 5.11 Å². The van der Waals surface area contributed by atoms with Crippen LogP contribution in [0.25, 0.3) is 0 Å². The molecule has 2 aromatic rings. The molecule has 0 amide bonds. The van der Waals surface area contributed by atoms with Crippen molar-refractivity contribution in [1.82, 2.24) is 0 Å². The Morgan fingerprint density at radius 2 is 1.90 bits per heavy atom. The normalized spacial score (nSPS) is 14.8. The van der Waals surface area contributed by atoms with Crippen LogP contribution in [0, 0.1) is 6.92 Å². The summed E-state index contributed by atoms with van der Waals surface area (Å²) in [4.78, 5) is 0. The average molecular weight is 282 g/mol. The van der Waals surface area contributed by atoms with Crippen LogP contribution in [0.4, 0.5) is 0 Å². The monoisotopic (exact) mass is 282 g/mol. The third-order valence-corrected chi connectivity index (χ3v) is 4.18. The molecular formula is C19H22O2. The van der Waals surface area contributed by atoms with Gasteiger partial charge in [-0.1, -0.05) is 30.3 Å². The van der Waals surface area contributed by atoms with Gasteiger partial charge in [-0.15, -0.1) is 0 Å². The molecule has 0 unspecified atom stereocenters. The van der Waals surface area contributed by atoms with Crippen molar-refractivity contribution in [3.8, 4) is 5.75 Å². The van der Waals surface area contributed by atoms with Gasteiger partial charge >= 0.3 is 0 Å². The molecule has 0 saturated carbocycles. The third-order valence-electron chi connectivity index (χ3n) is 4.18. The van der Waals surface area contributed by atoms with Gasteiger partial charge in [0.1, 0.15) is 12.4 Å². The molecule has 0 bridgehead atoms. The van der Waals surface area contributed by atoms with Crippen LogP contribution in [0.15, 0.2) is 36.4 Å². The molecule has 0 heterocycles. The van der Waals surface area contributed by atoms with Crippen molar-refractivity contribution in [2.24, 2.45) is 0 Å². The fourth-order valence-electron chi connectivity index (χ4n) is 2.99. The predicted molar refractivity (Wildman–Crippen MR) is 84.6 cm³/mol. The second-order valence-electron chi connectivity index (χ2n) is 5.96. The summed E-state index contributed by atoms with van der Waals surface area (Å²) in [5.74, 6) is 0.783. The molecule has 0 fully saturated rings. The Bertz CT molecular complexity index is 644. The number of aliphatic hydroxyl groups excluding tert-OH is 1. The zero-order chi connectivity index (χ0) is 14.8. The number of hydrogen-bond acceptors (Lipinski definition) is 2. The molecule has 1 aliphatic rings. The fraction of sp³-hybridized carbons (Fsp3) is 0.368. The molecule has 1 N–H and O–H groups in total. The van der Waals surface area contributed by atoms with Gasteiger partial charge in [0, 0.05) is 5.56 Å². The molecule has 1 atom stereocenters. The molecule has 0 saturated heterocycles. The van der Waals surface area contributed by atoms with E-state index in [1.165, 1.54) is 36.0 Å². The Balaban J connectivity index is 1.77. The van der Waals surface area contributed by atoms with Gasteiger partial charge < -0.3 is 9.84 Å². The number of rotatable bonds is 4. The van der Waals surface area contributed by atoms with E-state index in [1.807, 2.05) is 25.1 Å². The first kappa shape index (κ1) is 14.2.